The molecule has 0 bridgehead atoms. The highest BCUT2D eigenvalue weighted by Gasteiger charge is 2.33. The Balaban J connectivity index is 2.48. The molecule has 0 aliphatic carbocycles. The Morgan fingerprint density at radius 2 is 2.20 bits per heavy atom. The van der Waals surface area contributed by atoms with E-state index in [2.05, 4.69) is 15.9 Å². The summed E-state index contributed by atoms with van der Waals surface area (Å²) >= 11 is 4.92. The van der Waals surface area contributed by atoms with Crippen molar-refractivity contribution in [3.05, 3.63) is 28.2 Å². The number of hydrogen-bond donors (Lipinski definition) is 1. The minimum atomic E-state index is -3.69. The van der Waals surface area contributed by atoms with E-state index in [-0.39, 0.29) is 16.5 Å². The van der Waals surface area contributed by atoms with Crippen LogP contribution in [0.2, 0.25) is 0 Å². The number of carboxylic acids is 1. The van der Waals surface area contributed by atoms with Gasteiger partial charge in [0.2, 0.25) is 10.0 Å². The average Bonchev–Trinajstić information content (AvgIpc) is 2.39. The van der Waals surface area contributed by atoms with Crippen LogP contribution >= 0.6 is 27.7 Å². The molecule has 1 aromatic carbocycles. The molecule has 0 spiro atoms. The molecule has 1 aromatic rings. The van der Waals surface area contributed by atoms with Gasteiger partial charge in [-0.25, -0.2) is 13.2 Å². The highest BCUT2D eigenvalue weighted by Crippen LogP contribution is 2.30. The van der Waals surface area contributed by atoms with Gasteiger partial charge in [-0.1, -0.05) is 0 Å². The Hall–Kier alpha value is -0.570. The Kier molecular flexibility index (Phi) is 4.78. The SMILES string of the molecule is CC1CSCCN1S(=O)(=O)c1cc(C(=O)O)ccc1Br. The fourth-order valence-corrected chi connectivity index (χ4v) is 5.84. The van der Waals surface area contributed by atoms with Crippen LogP contribution in [0.3, 0.4) is 0 Å². The zero-order valence-electron chi connectivity index (χ0n) is 10.7. The zero-order valence-corrected chi connectivity index (χ0v) is 14.0. The van der Waals surface area contributed by atoms with Crippen LogP contribution in [-0.2, 0) is 10.0 Å². The summed E-state index contributed by atoms with van der Waals surface area (Å²) in [4.78, 5) is 11.0. The number of nitrogens with zero attached hydrogens (tertiary/aromatic N) is 1. The summed E-state index contributed by atoms with van der Waals surface area (Å²) in [5, 5.41) is 9.00. The quantitative estimate of drug-likeness (QED) is 0.871. The van der Waals surface area contributed by atoms with Crippen LogP contribution in [0.15, 0.2) is 27.6 Å². The molecule has 1 N–H and O–H groups in total. The molecule has 1 atom stereocenters. The van der Waals surface area contributed by atoms with Crippen LogP contribution in [-0.4, -0.2) is 47.9 Å². The summed E-state index contributed by atoms with van der Waals surface area (Å²) in [5.41, 5.74) is -0.0363. The molecule has 1 unspecified atom stereocenters. The van der Waals surface area contributed by atoms with Crippen molar-refractivity contribution in [1.82, 2.24) is 4.31 Å². The third-order valence-electron chi connectivity index (χ3n) is 3.07. The van der Waals surface area contributed by atoms with Gasteiger partial charge in [0.25, 0.3) is 0 Å². The third kappa shape index (κ3) is 3.03. The molecule has 1 saturated heterocycles. The minimum Gasteiger partial charge on any atom is -0.478 e. The van der Waals surface area contributed by atoms with Gasteiger partial charge < -0.3 is 5.11 Å². The van der Waals surface area contributed by atoms with E-state index in [0.717, 1.165) is 11.5 Å². The maximum Gasteiger partial charge on any atom is 0.335 e. The lowest BCUT2D eigenvalue weighted by atomic mass is 10.2. The third-order valence-corrected chi connectivity index (χ3v) is 7.27. The summed E-state index contributed by atoms with van der Waals surface area (Å²) in [6, 6.07) is 3.94. The maximum atomic E-state index is 12.7. The number of aromatic carboxylic acids is 1. The second kappa shape index (κ2) is 6.05. The van der Waals surface area contributed by atoms with Gasteiger partial charge in [0, 0.05) is 28.6 Å². The van der Waals surface area contributed by atoms with Crippen molar-refractivity contribution in [3.8, 4) is 0 Å². The van der Waals surface area contributed by atoms with Gasteiger partial charge in [0.05, 0.1) is 10.5 Å². The summed E-state index contributed by atoms with van der Waals surface area (Å²) < 4.78 is 27.2. The van der Waals surface area contributed by atoms with E-state index in [1.165, 1.54) is 22.5 Å². The molecule has 0 amide bonds. The molecule has 20 heavy (non-hydrogen) atoms. The van der Waals surface area contributed by atoms with Crippen LogP contribution in [0.25, 0.3) is 0 Å². The number of benzene rings is 1. The second-order valence-corrected chi connectivity index (χ2v) is 8.35. The maximum absolute atomic E-state index is 12.7. The van der Waals surface area contributed by atoms with Crippen LogP contribution < -0.4 is 0 Å². The molecule has 1 aliphatic rings. The first-order valence-corrected chi connectivity index (χ1v) is 9.35. The number of halogens is 1. The van der Waals surface area contributed by atoms with E-state index in [1.54, 1.807) is 11.8 Å². The number of rotatable bonds is 3. The van der Waals surface area contributed by atoms with E-state index in [9.17, 15) is 13.2 Å². The molecular weight excluding hydrogens is 366 g/mol. The Morgan fingerprint density at radius 1 is 1.50 bits per heavy atom. The van der Waals surface area contributed by atoms with Crippen molar-refractivity contribution in [2.75, 3.05) is 18.1 Å². The topological polar surface area (TPSA) is 74.7 Å². The molecule has 1 heterocycles. The Morgan fingerprint density at radius 3 is 2.80 bits per heavy atom. The van der Waals surface area contributed by atoms with E-state index in [4.69, 9.17) is 5.11 Å². The minimum absolute atomic E-state index is 0.0103. The molecule has 2 rings (SSSR count). The highest BCUT2D eigenvalue weighted by atomic mass is 79.9. The lowest BCUT2D eigenvalue weighted by Crippen LogP contribution is -2.44. The summed E-state index contributed by atoms with van der Waals surface area (Å²) in [6.07, 6.45) is 0. The molecule has 8 heteroatoms. The van der Waals surface area contributed by atoms with Crippen molar-refractivity contribution in [2.24, 2.45) is 0 Å². The molecular formula is C12H14BrNO4S2. The first-order valence-electron chi connectivity index (χ1n) is 5.96. The molecule has 0 saturated carbocycles. The fraction of sp³-hybridized carbons (Fsp3) is 0.417. The highest BCUT2D eigenvalue weighted by molar-refractivity contribution is 9.10. The van der Waals surface area contributed by atoms with Gasteiger partial charge in [-0.2, -0.15) is 16.1 Å². The van der Waals surface area contributed by atoms with Gasteiger partial charge >= 0.3 is 5.97 Å². The van der Waals surface area contributed by atoms with Gasteiger partial charge in [0.1, 0.15) is 0 Å². The molecule has 110 valence electrons. The van der Waals surface area contributed by atoms with Crippen molar-refractivity contribution in [2.45, 2.75) is 17.9 Å². The first kappa shape index (κ1) is 15.8. The lowest BCUT2D eigenvalue weighted by Gasteiger charge is -2.32. The summed E-state index contributed by atoms with van der Waals surface area (Å²) in [7, 11) is -3.69. The number of carboxylic acid groups (broad SMARTS) is 1. The number of carbonyl (C=O) groups is 1. The van der Waals surface area contributed by atoms with Gasteiger partial charge in [0.15, 0.2) is 0 Å². The van der Waals surface area contributed by atoms with Crippen molar-refractivity contribution in [1.29, 1.82) is 0 Å². The largest absolute Gasteiger partial charge is 0.478 e. The molecule has 1 aliphatic heterocycles. The van der Waals surface area contributed by atoms with Gasteiger partial charge in [-0.3, -0.25) is 0 Å². The summed E-state index contributed by atoms with van der Waals surface area (Å²) in [6.45, 7) is 2.30. The summed E-state index contributed by atoms with van der Waals surface area (Å²) in [5.74, 6) is 0.353. The van der Waals surface area contributed by atoms with E-state index in [0.29, 0.717) is 11.0 Å². The smallest absolute Gasteiger partial charge is 0.335 e. The Labute approximate surface area is 130 Å². The van der Waals surface area contributed by atoms with Gasteiger partial charge in [-0.05, 0) is 41.1 Å². The molecule has 5 nitrogen and oxygen atoms in total. The normalized spacial score (nSPS) is 20.8. The number of hydrogen-bond acceptors (Lipinski definition) is 4. The van der Waals surface area contributed by atoms with Gasteiger partial charge in [-0.15, -0.1) is 0 Å². The standard InChI is InChI=1S/C12H14BrNO4S2/c1-8-7-19-5-4-14(8)20(17,18)11-6-9(12(15)16)2-3-10(11)13/h2-3,6,8H,4-5,7H2,1H3,(H,15,16). The monoisotopic (exact) mass is 379 g/mol. The van der Waals surface area contributed by atoms with E-state index >= 15 is 0 Å². The zero-order chi connectivity index (χ0) is 14.9. The van der Waals surface area contributed by atoms with Crippen molar-refractivity contribution >= 4 is 43.7 Å². The number of sulfonamides is 1. The molecule has 1 fully saturated rings. The van der Waals surface area contributed by atoms with Crippen LogP contribution in [0.4, 0.5) is 0 Å². The Bertz CT molecular complexity index is 632. The fourth-order valence-electron chi connectivity index (χ4n) is 2.03. The predicted molar refractivity (Wildman–Crippen MR) is 81.8 cm³/mol. The molecule has 0 aromatic heterocycles. The molecule has 0 radical (unpaired) electrons. The average molecular weight is 380 g/mol. The first-order chi connectivity index (χ1) is 9.34. The van der Waals surface area contributed by atoms with Crippen molar-refractivity contribution < 1.29 is 18.3 Å². The van der Waals surface area contributed by atoms with Crippen LogP contribution in [0.1, 0.15) is 17.3 Å². The number of thioether (sulfide) groups is 1. The van der Waals surface area contributed by atoms with E-state index < -0.39 is 16.0 Å². The van der Waals surface area contributed by atoms with Crippen LogP contribution in [0.5, 0.6) is 0 Å². The van der Waals surface area contributed by atoms with Crippen LogP contribution in [0, 0.1) is 0 Å². The second-order valence-electron chi connectivity index (χ2n) is 4.49. The van der Waals surface area contributed by atoms with Crippen molar-refractivity contribution in [3.63, 3.8) is 0 Å². The predicted octanol–water partition coefficient (Wildman–Crippen LogP) is 2.27. The lowest BCUT2D eigenvalue weighted by molar-refractivity contribution is 0.0696. The van der Waals surface area contributed by atoms with E-state index in [1.807, 2.05) is 6.92 Å².